The molecule has 0 radical (unpaired) electrons. The summed E-state index contributed by atoms with van der Waals surface area (Å²) >= 11 is 0. The third-order valence-electron chi connectivity index (χ3n) is 6.39. The number of halogens is 4. The van der Waals surface area contributed by atoms with Gasteiger partial charge in [0.15, 0.2) is 23.2 Å². The van der Waals surface area contributed by atoms with Crippen LogP contribution >= 0.6 is 0 Å². The summed E-state index contributed by atoms with van der Waals surface area (Å²) in [6, 6.07) is 6.56. The van der Waals surface area contributed by atoms with E-state index < -0.39 is 71.2 Å². The summed E-state index contributed by atoms with van der Waals surface area (Å²) in [6.07, 6.45) is 3.23. The van der Waals surface area contributed by atoms with E-state index in [2.05, 4.69) is 16.0 Å². The maximum Gasteiger partial charge on any atom is 0.244 e. The van der Waals surface area contributed by atoms with Crippen molar-refractivity contribution >= 4 is 29.6 Å². The molecular formula is C29H31F4N3O5. The topological polar surface area (TPSA) is 114 Å². The van der Waals surface area contributed by atoms with Crippen molar-refractivity contribution in [3.8, 4) is 5.75 Å². The average Bonchev–Trinajstić information content (AvgIpc) is 3.34. The van der Waals surface area contributed by atoms with Crippen molar-refractivity contribution in [2.24, 2.45) is 11.8 Å². The van der Waals surface area contributed by atoms with Gasteiger partial charge in [-0.1, -0.05) is 44.2 Å². The van der Waals surface area contributed by atoms with Crippen molar-refractivity contribution in [1.29, 1.82) is 0 Å². The summed E-state index contributed by atoms with van der Waals surface area (Å²) in [5, 5.41) is 7.74. The van der Waals surface area contributed by atoms with Crippen LogP contribution in [-0.4, -0.2) is 48.7 Å². The zero-order valence-corrected chi connectivity index (χ0v) is 22.5. The van der Waals surface area contributed by atoms with Gasteiger partial charge in [-0.2, -0.15) is 8.78 Å². The normalized spacial score (nSPS) is 16.4. The fourth-order valence-electron chi connectivity index (χ4n) is 4.28. The van der Waals surface area contributed by atoms with Crippen LogP contribution in [0, 0.1) is 35.1 Å². The Kier molecular flexibility index (Phi) is 11.0. The lowest BCUT2D eigenvalue weighted by atomic mass is 9.95. The third kappa shape index (κ3) is 8.89. The van der Waals surface area contributed by atoms with Gasteiger partial charge in [0.2, 0.25) is 29.4 Å². The molecule has 2 aromatic rings. The van der Waals surface area contributed by atoms with Crippen LogP contribution in [0.1, 0.15) is 38.7 Å². The highest BCUT2D eigenvalue weighted by Gasteiger charge is 2.34. The number of amides is 3. The van der Waals surface area contributed by atoms with Crippen molar-refractivity contribution in [3.05, 3.63) is 71.3 Å². The zero-order valence-electron chi connectivity index (χ0n) is 22.5. The predicted molar refractivity (Wildman–Crippen MR) is 141 cm³/mol. The van der Waals surface area contributed by atoms with Crippen LogP contribution in [0.3, 0.4) is 0 Å². The van der Waals surface area contributed by atoms with Crippen LogP contribution in [0.5, 0.6) is 5.75 Å². The standard InChI is InChI=1S/C29H31F4N3O5/c1-16(2)12-22(35-24(38)9-8-17-6-4-3-5-7-17)29(40)36-21(13-18-10-11-34-28(18)39)23(37)15-41-27-25(32)19(30)14-20(31)26(27)33/h3-9,14,16,18,21-22H,10-13,15H2,1-2H3,(H,34,39)(H,35,38)(H,36,40)/t18-,21-,22-/m0/s1. The van der Waals surface area contributed by atoms with Gasteiger partial charge in [0.1, 0.15) is 12.6 Å². The third-order valence-corrected chi connectivity index (χ3v) is 6.39. The van der Waals surface area contributed by atoms with Gasteiger partial charge in [-0.25, -0.2) is 8.78 Å². The van der Waals surface area contributed by atoms with Crippen molar-refractivity contribution in [3.63, 3.8) is 0 Å². The van der Waals surface area contributed by atoms with E-state index in [-0.39, 0.29) is 30.7 Å². The molecule has 1 saturated heterocycles. The van der Waals surface area contributed by atoms with Crippen molar-refractivity contribution in [2.75, 3.05) is 13.2 Å². The van der Waals surface area contributed by atoms with Crippen molar-refractivity contribution in [1.82, 2.24) is 16.0 Å². The minimum Gasteiger partial charge on any atom is -0.479 e. The van der Waals surface area contributed by atoms with Crippen LogP contribution in [0.15, 0.2) is 42.5 Å². The lowest BCUT2D eigenvalue weighted by Crippen LogP contribution is -2.53. The van der Waals surface area contributed by atoms with E-state index in [1.54, 1.807) is 30.3 Å². The van der Waals surface area contributed by atoms with E-state index in [9.17, 15) is 36.7 Å². The molecule has 1 heterocycles. The van der Waals surface area contributed by atoms with Gasteiger partial charge in [0, 0.05) is 24.6 Å². The molecule has 41 heavy (non-hydrogen) atoms. The quantitative estimate of drug-likeness (QED) is 0.192. The summed E-state index contributed by atoms with van der Waals surface area (Å²) in [7, 11) is 0. The van der Waals surface area contributed by atoms with Gasteiger partial charge in [-0.05, 0) is 36.8 Å². The first-order chi connectivity index (χ1) is 19.5. The van der Waals surface area contributed by atoms with Crippen molar-refractivity contribution < 1.29 is 41.5 Å². The Labute approximate surface area is 234 Å². The number of ketones is 1. The molecule has 8 nitrogen and oxygen atoms in total. The molecule has 3 rings (SSSR count). The number of carbonyl (C=O) groups excluding carboxylic acids is 4. The second-order valence-corrected chi connectivity index (χ2v) is 10.1. The molecule has 0 aliphatic carbocycles. The smallest absolute Gasteiger partial charge is 0.244 e. The summed E-state index contributed by atoms with van der Waals surface area (Å²) in [6.45, 7) is 2.95. The molecule has 3 atom stereocenters. The molecule has 0 aromatic heterocycles. The number of rotatable bonds is 13. The maximum absolute atomic E-state index is 14.0. The molecule has 1 aliphatic heterocycles. The second kappa shape index (κ2) is 14.4. The molecule has 1 fully saturated rings. The minimum atomic E-state index is -1.82. The SMILES string of the molecule is CC(C)C[C@H](NC(=O)C=Cc1ccccc1)C(=O)N[C@@H](C[C@@H]1CCNC1=O)C(=O)COc1c(F)c(F)cc(F)c1F. The van der Waals surface area contributed by atoms with Gasteiger partial charge < -0.3 is 20.7 Å². The van der Waals surface area contributed by atoms with E-state index in [0.717, 1.165) is 5.56 Å². The Hall–Kier alpha value is -4.22. The number of nitrogens with one attached hydrogen (secondary N) is 3. The molecule has 1 aliphatic rings. The Morgan fingerprint density at radius 2 is 1.68 bits per heavy atom. The van der Waals surface area contributed by atoms with Gasteiger partial charge in [0.25, 0.3) is 0 Å². The molecule has 3 amide bonds. The lowest BCUT2D eigenvalue weighted by molar-refractivity contribution is -0.132. The molecule has 12 heteroatoms. The summed E-state index contributed by atoms with van der Waals surface area (Å²) in [5.74, 6) is -11.7. The largest absolute Gasteiger partial charge is 0.479 e. The second-order valence-electron chi connectivity index (χ2n) is 10.1. The molecular weight excluding hydrogens is 546 g/mol. The summed E-state index contributed by atoms with van der Waals surface area (Å²) in [5.41, 5.74) is 0.763. The Morgan fingerprint density at radius 1 is 1.02 bits per heavy atom. The molecule has 0 saturated carbocycles. The average molecular weight is 578 g/mol. The van der Waals surface area contributed by atoms with E-state index in [1.807, 2.05) is 19.9 Å². The summed E-state index contributed by atoms with van der Waals surface area (Å²) in [4.78, 5) is 51.1. The monoisotopic (exact) mass is 577 g/mol. The number of benzene rings is 2. The Morgan fingerprint density at radius 3 is 2.27 bits per heavy atom. The van der Waals surface area contributed by atoms with Gasteiger partial charge in [-0.15, -0.1) is 0 Å². The first-order valence-electron chi connectivity index (χ1n) is 13.1. The molecule has 2 aromatic carbocycles. The molecule has 220 valence electrons. The minimum absolute atomic E-state index is 0.000715. The Balaban J connectivity index is 1.75. The van der Waals surface area contributed by atoms with Crippen LogP contribution < -0.4 is 20.7 Å². The molecule has 0 unspecified atom stereocenters. The summed E-state index contributed by atoms with van der Waals surface area (Å²) < 4.78 is 59.9. The highest BCUT2D eigenvalue weighted by Crippen LogP contribution is 2.27. The van der Waals surface area contributed by atoms with Gasteiger partial charge >= 0.3 is 0 Å². The van der Waals surface area contributed by atoms with E-state index >= 15 is 0 Å². The predicted octanol–water partition coefficient (Wildman–Crippen LogP) is 3.45. The number of Topliss-reactive ketones (excluding diaryl/α,β-unsaturated/α-hetero) is 1. The first-order valence-corrected chi connectivity index (χ1v) is 13.1. The lowest BCUT2D eigenvalue weighted by Gasteiger charge is -2.25. The van der Waals surface area contributed by atoms with Crippen LogP contribution in [0.2, 0.25) is 0 Å². The van der Waals surface area contributed by atoms with E-state index in [0.29, 0.717) is 13.0 Å². The number of hydrogen-bond acceptors (Lipinski definition) is 5. The molecule has 3 N–H and O–H groups in total. The molecule has 0 bridgehead atoms. The van der Waals surface area contributed by atoms with Crippen LogP contribution in [0.25, 0.3) is 6.08 Å². The number of ether oxygens (including phenoxy) is 1. The first kappa shape index (κ1) is 31.3. The fraction of sp³-hybridized carbons (Fsp3) is 0.379. The van der Waals surface area contributed by atoms with Crippen LogP contribution in [-0.2, 0) is 19.2 Å². The Bertz CT molecular complexity index is 1280. The maximum atomic E-state index is 14.0. The highest BCUT2D eigenvalue weighted by molar-refractivity contribution is 5.97. The highest BCUT2D eigenvalue weighted by atomic mass is 19.2. The van der Waals surface area contributed by atoms with Crippen molar-refractivity contribution in [2.45, 2.75) is 45.2 Å². The van der Waals surface area contributed by atoms with Gasteiger partial charge in [-0.3, -0.25) is 19.2 Å². The number of hydrogen-bond donors (Lipinski definition) is 3. The van der Waals surface area contributed by atoms with E-state index in [1.165, 1.54) is 6.08 Å². The van der Waals surface area contributed by atoms with Crippen LogP contribution in [0.4, 0.5) is 17.6 Å². The number of carbonyl (C=O) groups is 4. The zero-order chi connectivity index (χ0) is 30.1. The van der Waals surface area contributed by atoms with Gasteiger partial charge in [0.05, 0.1) is 6.04 Å². The molecule has 0 spiro atoms. The fourth-order valence-corrected chi connectivity index (χ4v) is 4.28. The van der Waals surface area contributed by atoms with E-state index in [4.69, 9.17) is 4.74 Å².